The van der Waals surface area contributed by atoms with E-state index in [0.717, 1.165) is 36.8 Å². The quantitative estimate of drug-likeness (QED) is 0.272. The Morgan fingerprint density at radius 1 is 0.675 bits per heavy atom. The maximum atomic E-state index is 13.1. The molecule has 0 amide bonds. The number of benzene rings is 2. The second-order valence-electron chi connectivity index (χ2n) is 13.0. The summed E-state index contributed by atoms with van der Waals surface area (Å²) in [6.07, 6.45) is 6.36. The molecule has 0 unspecified atom stereocenters. The lowest BCUT2D eigenvalue weighted by molar-refractivity contribution is -0.0181. The number of hydrogen-bond donors (Lipinski definition) is 0. The zero-order valence-corrected chi connectivity index (χ0v) is 25.1. The van der Waals surface area contributed by atoms with Crippen molar-refractivity contribution in [3.63, 3.8) is 0 Å². The van der Waals surface area contributed by atoms with Crippen molar-refractivity contribution in [1.29, 1.82) is 0 Å². The van der Waals surface area contributed by atoms with Gasteiger partial charge in [-0.1, -0.05) is 78.4 Å². The summed E-state index contributed by atoms with van der Waals surface area (Å²) in [6.45, 7) is 13.3. The first kappa shape index (κ1) is 29.9. The van der Waals surface area contributed by atoms with Crippen LogP contribution in [0, 0.1) is 47.3 Å². The molecule has 4 rings (SSSR count). The molecule has 4 heteroatoms. The Morgan fingerprint density at radius 2 is 1.07 bits per heavy atom. The van der Waals surface area contributed by atoms with E-state index in [4.69, 9.17) is 9.47 Å². The van der Waals surface area contributed by atoms with Crippen molar-refractivity contribution >= 4 is 11.9 Å². The molecule has 0 heterocycles. The van der Waals surface area contributed by atoms with Crippen molar-refractivity contribution in [2.24, 2.45) is 35.5 Å². The summed E-state index contributed by atoms with van der Waals surface area (Å²) >= 11 is 0. The monoisotopic (exact) mass is 542 g/mol. The minimum atomic E-state index is -0.283. The molecule has 2 aromatic carbocycles. The molecule has 0 bridgehead atoms. The SMILES string of the molecule is CC(C)[C@@H]1CC[C@@H](C)C[C@H]1OC(=O)c1cccc(C#Cc2cccc(C(=O)O[C@@H]3C[C@H](C)CC[C@H]3C(C)C)c2)c1. The zero-order valence-electron chi connectivity index (χ0n) is 25.1. The van der Waals surface area contributed by atoms with Crippen LogP contribution in [0.2, 0.25) is 0 Å². The van der Waals surface area contributed by atoms with Crippen LogP contribution in [0.25, 0.3) is 0 Å². The molecule has 0 aliphatic heterocycles. The Balaban J connectivity index is 1.43. The summed E-state index contributed by atoms with van der Waals surface area (Å²) in [6, 6.07) is 14.6. The highest BCUT2D eigenvalue weighted by molar-refractivity contribution is 5.90. The molecule has 4 nitrogen and oxygen atoms in total. The molecule has 2 aliphatic rings. The van der Waals surface area contributed by atoms with Crippen molar-refractivity contribution in [3.8, 4) is 11.8 Å². The van der Waals surface area contributed by atoms with Crippen LogP contribution in [0.4, 0.5) is 0 Å². The number of hydrogen-bond acceptors (Lipinski definition) is 4. The van der Waals surface area contributed by atoms with Gasteiger partial charge in [0.15, 0.2) is 0 Å². The fraction of sp³-hybridized carbons (Fsp3) is 0.556. The van der Waals surface area contributed by atoms with Crippen molar-refractivity contribution in [2.75, 3.05) is 0 Å². The average molecular weight is 543 g/mol. The molecule has 0 saturated heterocycles. The van der Waals surface area contributed by atoms with Gasteiger partial charge < -0.3 is 9.47 Å². The van der Waals surface area contributed by atoms with Crippen LogP contribution in [0.3, 0.4) is 0 Å². The summed E-state index contributed by atoms with van der Waals surface area (Å²) in [7, 11) is 0. The Kier molecular flexibility index (Phi) is 10.1. The Labute approximate surface area is 241 Å². The molecule has 0 aromatic heterocycles. The van der Waals surface area contributed by atoms with Crippen LogP contribution in [0.5, 0.6) is 0 Å². The lowest BCUT2D eigenvalue weighted by Crippen LogP contribution is -2.35. The van der Waals surface area contributed by atoms with E-state index in [-0.39, 0.29) is 24.1 Å². The summed E-state index contributed by atoms with van der Waals surface area (Å²) in [5.74, 6) is 8.67. The summed E-state index contributed by atoms with van der Waals surface area (Å²) in [5, 5.41) is 0. The van der Waals surface area contributed by atoms with E-state index in [2.05, 4.69) is 53.4 Å². The Morgan fingerprint density at radius 3 is 1.45 bits per heavy atom. The minimum absolute atomic E-state index is 0.0406. The van der Waals surface area contributed by atoms with Crippen molar-refractivity contribution in [2.45, 2.75) is 92.3 Å². The third-order valence-corrected chi connectivity index (χ3v) is 8.99. The molecule has 2 aliphatic carbocycles. The van der Waals surface area contributed by atoms with E-state index in [1.807, 2.05) is 24.3 Å². The topological polar surface area (TPSA) is 52.6 Å². The molecule has 2 saturated carbocycles. The van der Waals surface area contributed by atoms with Crippen LogP contribution >= 0.6 is 0 Å². The van der Waals surface area contributed by atoms with Crippen LogP contribution in [-0.4, -0.2) is 24.1 Å². The van der Waals surface area contributed by atoms with E-state index < -0.39 is 0 Å². The van der Waals surface area contributed by atoms with Gasteiger partial charge in [0.1, 0.15) is 12.2 Å². The standard InChI is InChI=1S/C36H46O4/c1-23(2)31-17-13-25(5)19-33(31)39-35(37)29-11-7-9-27(21-29)15-16-28-10-8-12-30(22-28)36(38)40-34-20-26(6)14-18-32(34)24(3)4/h7-12,21-26,31-34H,13-14,17-20H2,1-6H3/t25-,26-,31+,32+,33-,34-/m1/s1. The number of esters is 2. The van der Waals surface area contributed by atoms with Crippen molar-refractivity contribution < 1.29 is 19.1 Å². The number of rotatable bonds is 6. The van der Waals surface area contributed by atoms with Crippen molar-refractivity contribution in [1.82, 2.24) is 0 Å². The largest absolute Gasteiger partial charge is 0.458 e. The fourth-order valence-corrected chi connectivity index (χ4v) is 6.50. The number of ether oxygens (including phenoxy) is 2. The Hall–Kier alpha value is -3.06. The molecule has 6 atom stereocenters. The number of carbonyl (C=O) groups excluding carboxylic acids is 2. The van der Waals surface area contributed by atoms with Gasteiger partial charge in [-0.25, -0.2) is 9.59 Å². The third kappa shape index (κ3) is 7.78. The molecule has 0 spiro atoms. The second-order valence-corrected chi connectivity index (χ2v) is 13.0. The molecular formula is C36H46O4. The van der Waals surface area contributed by atoms with Gasteiger partial charge in [0.25, 0.3) is 0 Å². The summed E-state index contributed by atoms with van der Waals surface area (Å²) in [4.78, 5) is 26.1. The smallest absolute Gasteiger partial charge is 0.338 e. The molecule has 2 aromatic rings. The van der Waals surface area contributed by atoms with Gasteiger partial charge in [0.2, 0.25) is 0 Å². The van der Waals surface area contributed by atoms with E-state index in [1.54, 1.807) is 24.3 Å². The molecule has 2 fully saturated rings. The maximum Gasteiger partial charge on any atom is 0.338 e. The van der Waals surface area contributed by atoms with E-state index in [0.29, 0.717) is 46.6 Å². The highest BCUT2D eigenvalue weighted by Gasteiger charge is 2.34. The molecule has 0 N–H and O–H groups in total. The molecular weight excluding hydrogens is 496 g/mol. The summed E-state index contributed by atoms with van der Waals surface area (Å²) < 4.78 is 12.1. The minimum Gasteiger partial charge on any atom is -0.458 e. The van der Waals surface area contributed by atoms with Gasteiger partial charge in [-0.3, -0.25) is 0 Å². The molecule has 214 valence electrons. The predicted octanol–water partition coefficient (Wildman–Crippen LogP) is 8.32. The predicted molar refractivity (Wildman–Crippen MR) is 160 cm³/mol. The first-order valence-electron chi connectivity index (χ1n) is 15.2. The van der Waals surface area contributed by atoms with Gasteiger partial charge in [0, 0.05) is 11.1 Å². The lowest BCUT2D eigenvalue weighted by atomic mass is 9.75. The van der Waals surface area contributed by atoms with Gasteiger partial charge in [-0.15, -0.1) is 0 Å². The molecule has 0 radical (unpaired) electrons. The van der Waals surface area contributed by atoms with Crippen molar-refractivity contribution in [3.05, 3.63) is 70.8 Å². The van der Waals surface area contributed by atoms with Gasteiger partial charge in [0.05, 0.1) is 11.1 Å². The second kappa shape index (κ2) is 13.5. The highest BCUT2D eigenvalue weighted by Crippen LogP contribution is 2.37. The normalized spacial score (nSPS) is 26.6. The fourth-order valence-electron chi connectivity index (χ4n) is 6.50. The van der Waals surface area contributed by atoms with Gasteiger partial charge in [-0.2, -0.15) is 0 Å². The van der Waals surface area contributed by atoms with Crippen LogP contribution in [0.1, 0.15) is 112 Å². The van der Waals surface area contributed by atoms with Gasteiger partial charge >= 0.3 is 11.9 Å². The highest BCUT2D eigenvalue weighted by atomic mass is 16.5. The van der Waals surface area contributed by atoms with E-state index >= 15 is 0 Å². The number of carbonyl (C=O) groups is 2. The van der Waals surface area contributed by atoms with Crippen LogP contribution in [-0.2, 0) is 9.47 Å². The van der Waals surface area contributed by atoms with Gasteiger partial charge in [-0.05, 0) is 97.6 Å². The molecule has 40 heavy (non-hydrogen) atoms. The van der Waals surface area contributed by atoms with Crippen LogP contribution in [0.15, 0.2) is 48.5 Å². The van der Waals surface area contributed by atoms with E-state index in [9.17, 15) is 9.59 Å². The van der Waals surface area contributed by atoms with Crippen LogP contribution < -0.4 is 0 Å². The average Bonchev–Trinajstić information content (AvgIpc) is 2.92. The zero-order chi connectivity index (χ0) is 28.8. The van der Waals surface area contributed by atoms with E-state index in [1.165, 1.54) is 12.8 Å². The lowest BCUT2D eigenvalue weighted by Gasteiger charge is -2.36. The first-order chi connectivity index (χ1) is 19.1. The first-order valence-corrected chi connectivity index (χ1v) is 15.2. The summed E-state index contributed by atoms with van der Waals surface area (Å²) in [5.41, 5.74) is 2.50. The Bertz CT molecular complexity index is 1140. The maximum absolute atomic E-state index is 13.1. The third-order valence-electron chi connectivity index (χ3n) is 8.99.